The number of aliphatic hydroxyl groups is 1. The summed E-state index contributed by atoms with van der Waals surface area (Å²) in [6, 6.07) is 4.27. The van der Waals surface area contributed by atoms with E-state index in [0.29, 0.717) is 31.6 Å². The van der Waals surface area contributed by atoms with Gasteiger partial charge in [-0.2, -0.15) is 13.2 Å². The zero-order valence-corrected chi connectivity index (χ0v) is 20.9. The number of allylic oxidation sites excluding steroid dienone is 1. The summed E-state index contributed by atoms with van der Waals surface area (Å²) in [6.45, 7) is 0.0847. The third kappa shape index (κ3) is 7.24. The highest BCUT2D eigenvalue weighted by atomic mass is 19.4. The maximum Gasteiger partial charge on any atom is 0.422 e. The fourth-order valence-electron chi connectivity index (χ4n) is 4.08. The number of nitrogens with one attached hydrogen (secondary N) is 2. The van der Waals surface area contributed by atoms with Crippen molar-refractivity contribution in [2.24, 2.45) is 7.05 Å². The molecule has 1 fully saturated rings. The van der Waals surface area contributed by atoms with Crippen LogP contribution < -0.4 is 15.4 Å². The Hall–Kier alpha value is -3.61. The highest BCUT2D eigenvalue weighted by Gasteiger charge is 2.31. The zero-order chi connectivity index (χ0) is 28.0. The molecule has 3 rings (SSSR count). The Morgan fingerprint density at radius 1 is 1.18 bits per heavy atom. The van der Waals surface area contributed by atoms with Crippen molar-refractivity contribution in [3.63, 3.8) is 0 Å². The van der Waals surface area contributed by atoms with Gasteiger partial charge in [-0.25, -0.2) is 8.78 Å². The fourth-order valence-corrected chi connectivity index (χ4v) is 4.08. The number of carbonyl (C=O) groups excluding carboxylic acids is 2. The molecular weight excluding hydrogens is 515 g/mol. The van der Waals surface area contributed by atoms with E-state index in [2.05, 4.69) is 10.6 Å². The lowest BCUT2D eigenvalue weighted by molar-refractivity contribution is -0.153. The molecule has 1 saturated heterocycles. The van der Waals surface area contributed by atoms with Gasteiger partial charge in [0.05, 0.1) is 0 Å². The Morgan fingerprint density at radius 2 is 1.82 bits per heavy atom. The summed E-state index contributed by atoms with van der Waals surface area (Å²) in [5.74, 6) is -3.06. The quantitative estimate of drug-likeness (QED) is 0.418. The monoisotopic (exact) mass is 544 g/mol. The van der Waals surface area contributed by atoms with Gasteiger partial charge in [0.25, 0.3) is 5.91 Å². The molecule has 1 aliphatic heterocycles. The van der Waals surface area contributed by atoms with Crippen molar-refractivity contribution in [3.05, 3.63) is 53.0 Å². The highest BCUT2D eigenvalue weighted by molar-refractivity contribution is 5.96. The Kier molecular flexibility index (Phi) is 9.36. The van der Waals surface area contributed by atoms with E-state index in [4.69, 9.17) is 9.84 Å². The molecule has 2 aromatic rings. The number of ether oxygens (including phenoxy) is 1. The lowest BCUT2D eigenvalue weighted by Crippen LogP contribution is -2.47. The van der Waals surface area contributed by atoms with E-state index < -0.39 is 42.8 Å². The number of carbonyl (C=O) groups is 2. The van der Waals surface area contributed by atoms with Gasteiger partial charge in [0, 0.05) is 43.6 Å². The van der Waals surface area contributed by atoms with E-state index in [1.807, 2.05) is 0 Å². The molecule has 2 heterocycles. The lowest BCUT2D eigenvalue weighted by Gasteiger charge is -2.32. The minimum atomic E-state index is -4.65. The van der Waals surface area contributed by atoms with Gasteiger partial charge in [-0.15, -0.1) is 0 Å². The van der Waals surface area contributed by atoms with E-state index in [0.717, 1.165) is 12.1 Å². The Morgan fingerprint density at radius 3 is 2.37 bits per heavy atom. The molecule has 0 aliphatic carbocycles. The summed E-state index contributed by atoms with van der Waals surface area (Å²) < 4.78 is 73.2. The van der Waals surface area contributed by atoms with Gasteiger partial charge in [-0.1, -0.05) is 13.0 Å². The van der Waals surface area contributed by atoms with Crippen LogP contribution in [0.2, 0.25) is 0 Å². The lowest BCUT2D eigenvalue weighted by atomic mass is 10.0. The van der Waals surface area contributed by atoms with Crippen molar-refractivity contribution in [1.29, 1.82) is 0 Å². The standard InChI is InChI=1S/C25H29F5N4O4/c1-3-15(31-22-18(26)5-4-6-19(22)27)11-17-12-20(38-14-25(28,29)30)23(33(17)2)24(37)32-16-7-9-34(10-8-16)21(36)13-35/h4-6,11-12,16,31,35H,3,7-10,13-14H2,1-2H3,(H,32,37)/b15-11-. The second-order valence-corrected chi connectivity index (χ2v) is 8.78. The first-order valence-electron chi connectivity index (χ1n) is 11.9. The largest absolute Gasteiger partial charge is 0.482 e. The van der Waals surface area contributed by atoms with Crippen LogP contribution in [0.25, 0.3) is 6.08 Å². The molecule has 3 N–H and O–H groups in total. The van der Waals surface area contributed by atoms with Crippen LogP contribution in [-0.4, -0.2) is 64.9 Å². The van der Waals surface area contributed by atoms with Gasteiger partial charge in [-0.3, -0.25) is 9.59 Å². The average Bonchev–Trinajstić information content (AvgIpc) is 3.18. The van der Waals surface area contributed by atoms with Crippen molar-refractivity contribution in [1.82, 2.24) is 14.8 Å². The van der Waals surface area contributed by atoms with Crippen molar-refractivity contribution in [2.75, 3.05) is 31.6 Å². The van der Waals surface area contributed by atoms with Crippen LogP contribution in [0.1, 0.15) is 42.4 Å². The third-order valence-corrected chi connectivity index (χ3v) is 6.11. The smallest absolute Gasteiger partial charge is 0.422 e. The second kappa shape index (κ2) is 12.3. The molecule has 0 radical (unpaired) electrons. The molecule has 38 heavy (non-hydrogen) atoms. The van der Waals surface area contributed by atoms with Crippen molar-refractivity contribution in [2.45, 2.75) is 38.4 Å². The molecule has 0 unspecified atom stereocenters. The molecule has 208 valence electrons. The first-order valence-corrected chi connectivity index (χ1v) is 11.9. The summed E-state index contributed by atoms with van der Waals surface area (Å²) in [6.07, 6.45) is -2.12. The summed E-state index contributed by atoms with van der Waals surface area (Å²) in [5, 5.41) is 14.4. The minimum absolute atomic E-state index is 0.165. The molecule has 1 aromatic heterocycles. The topological polar surface area (TPSA) is 95.8 Å². The van der Waals surface area contributed by atoms with Gasteiger partial charge >= 0.3 is 6.18 Å². The maximum absolute atomic E-state index is 14.1. The number of rotatable bonds is 9. The SMILES string of the molecule is CC/C(=C/c1cc(OCC(F)(F)F)c(C(=O)NC2CCN(C(=O)CO)CC2)n1C)Nc1c(F)cccc1F. The van der Waals surface area contributed by atoms with Crippen molar-refractivity contribution < 1.29 is 41.4 Å². The number of aromatic nitrogens is 1. The average molecular weight is 545 g/mol. The molecule has 8 nitrogen and oxygen atoms in total. The molecule has 1 aliphatic rings. The Balaban J connectivity index is 1.87. The van der Waals surface area contributed by atoms with E-state index in [-0.39, 0.29) is 35.3 Å². The number of benzene rings is 1. The maximum atomic E-state index is 14.1. The normalized spacial score (nSPS) is 14.9. The van der Waals surface area contributed by atoms with E-state index in [1.165, 1.54) is 34.7 Å². The highest BCUT2D eigenvalue weighted by Crippen LogP contribution is 2.29. The van der Waals surface area contributed by atoms with Crippen molar-refractivity contribution >= 4 is 23.6 Å². The number of piperidine rings is 1. The summed E-state index contributed by atoms with van der Waals surface area (Å²) in [7, 11) is 1.46. The summed E-state index contributed by atoms with van der Waals surface area (Å²) in [5.41, 5.74) is 0.0517. The number of nitrogens with zero attached hydrogens (tertiary/aromatic N) is 2. The molecule has 0 spiro atoms. The van der Waals surface area contributed by atoms with Crippen LogP contribution >= 0.6 is 0 Å². The van der Waals surface area contributed by atoms with Crippen LogP contribution in [0.15, 0.2) is 30.0 Å². The minimum Gasteiger partial charge on any atom is -0.482 e. The first kappa shape index (κ1) is 29.0. The summed E-state index contributed by atoms with van der Waals surface area (Å²) in [4.78, 5) is 26.3. The molecule has 2 amide bonds. The summed E-state index contributed by atoms with van der Waals surface area (Å²) >= 11 is 0. The van der Waals surface area contributed by atoms with E-state index in [9.17, 15) is 31.5 Å². The van der Waals surface area contributed by atoms with E-state index >= 15 is 0 Å². The van der Waals surface area contributed by atoms with Crippen LogP contribution in [-0.2, 0) is 11.8 Å². The number of likely N-dealkylation sites (tertiary alicyclic amines) is 1. The van der Waals surface area contributed by atoms with E-state index in [1.54, 1.807) is 6.92 Å². The predicted molar refractivity (Wildman–Crippen MR) is 129 cm³/mol. The number of halogens is 5. The first-order chi connectivity index (χ1) is 17.9. The number of aliphatic hydroxyl groups excluding tert-OH is 1. The third-order valence-electron chi connectivity index (χ3n) is 6.11. The molecular formula is C25H29F5N4O4. The zero-order valence-electron chi connectivity index (χ0n) is 20.9. The second-order valence-electron chi connectivity index (χ2n) is 8.78. The predicted octanol–water partition coefficient (Wildman–Crippen LogP) is 3.82. The van der Waals surface area contributed by atoms with Gasteiger partial charge in [-0.05, 0) is 37.5 Å². The molecule has 0 saturated carbocycles. The number of alkyl halides is 3. The molecule has 1 aromatic carbocycles. The molecule has 0 atom stereocenters. The number of para-hydroxylation sites is 1. The van der Waals surface area contributed by atoms with Crippen LogP contribution in [0, 0.1) is 11.6 Å². The Labute approximate surface area is 216 Å². The fraction of sp³-hybridized carbons (Fsp3) is 0.440. The number of anilines is 1. The Bertz CT molecular complexity index is 1170. The molecule has 0 bridgehead atoms. The van der Waals surface area contributed by atoms with Gasteiger partial charge in [0.1, 0.15) is 29.6 Å². The number of hydrogen-bond acceptors (Lipinski definition) is 5. The van der Waals surface area contributed by atoms with Crippen molar-refractivity contribution in [3.8, 4) is 5.75 Å². The van der Waals surface area contributed by atoms with Crippen LogP contribution in [0.5, 0.6) is 5.75 Å². The van der Waals surface area contributed by atoms with Gasteiger partial charge in [0.2, 0.25) is 5.91 Å². The van der Waals surface area contributed by atoms with Crippen LogP contribution in [0.4, 0.5) is 27.6 Å². The molecule has 13 heteroatoms. The van der Waals surface area contributed by atoms with Crippen LogP contribution in [0.3, 0.4) is 0 Å². The van der Waals surface area contributed by atoms with Gasteiger partial charge in [0.15, 0.2) is 12.4 Å². The van der Waals surface area contributed by atoms with Gasteiger partial charge < -0.3 is 29.9 Å². The number of hydrogen-bond donors (Lipinski definition) is 3. The number of amides is 2.